The molecule has 0 fully saturated rings. The van der Waals surface area contributed by atoms with E-state index in [-0.39, 0.29) is 17.9 Å². The van der Waals surface area contributed by atoms with Crippen LogP contribution in [-0.4, -0.2) is 26.0 Å². The van der Waals surface area contributed by atoms with Gasteiger partial charge in [-0.15, -0.1) is 12.3 Å². The van der Waals surface area contributed by atoms with E-state index in [0.717, 1.165) is 0 Å². The Hall–Kier alpha value is -1.84. The van der Waals surface area contributed by atoms with Gasteiger partial charge in [-0.25, -0.2) is 13.1 Å². The molecule has 5 nitrogen and oxygen atoms in total. The van der Waals surface area contributed by atoms with Crippen LogP contribution in [0.2, 0.25) is 0 Å². The first kappa shape index (κ1) is 14.2. The molecular formula is C12H13NO4S. The number of sulfonamides is 1. The topological polar surface area (TPSA) is 83.5 Å². The number of nitrogens with one attached hydrogen (secondary N) is 1. The number of carbonyl (C=O) groups is 1. The fourth-order valence-corrected chi connectivity index (χ4v) is 2.33. The van der Waals surface area contributed by atoms with Gasteiger partial charge in [-0.2, -0.15) is 0 Å². The molecule has 1 aromatic carbocycles. The van der Waals surface area contributed by atoms with Crippen LogP contribution in [0.3, 0.4) is 0 Å². The molecule has 0 aliphatic heterocycles. The molecule has 2 N–H and O–H groups in total. The fraction of sp³-hybridized carbons (Fsp3) is 0.250. The summed E-state index contributed by atoms with van der Waals surface area (Å²) in [5.41, 5.74) is 0.546. The lowest BCUT2D eigenvalue weighted by Gasteiger charge is -2.05. The SMILES string of the molecule is C#CCCNS(=O)(=O)c1ccc(CC(=O)O)cc1. The van der Waals surface area contributed by atoms with Gasteiger partial charge < -0.3 is 5.11 Å². The Morgan fingerprint density at radius 3 is 2.44 bits per heavy atom. The molecule has 96 valence electrons. The second kappa shape index (κ2) is 6.19. The summed E-state index contributed by atoms with van der Waals surface area (Å²) >= 11 is 0. The highest BCUT2D eigenvalue weighted by Gasteiger charge is 2.12. The molecule has 0 heterocycles. The maximum atomic E-state index is 11.7. The number of terminal acetylenes is 1. The zero-order valence-electron chi connectivity index (χ0n) is 9.59. The highest BCUT2D eigenvalue weighted by molar-refractivity contribution is 7.89. The summed E-state index contributed by atoms with van der Waals surface area (Å²) in [6.45, 7) is 0.176. The molecule has 0 aliphatic rings. The molecule has 0 unspecified atom stereocenters. The van der Waals surface area contributed by atoms with E-state index in [2.05, 4.69) is 10.6 Å². The number of hydrogen-bond donors (Lipinski definition) is 2. The number of carboxylic acid groups (broad SMARTS) is 1. The third-order valence-corrected chi connectivity index (χ3v) is 3.63. The molecule has 0 saturated heterocycles. The van der Waals surface area contributed by atoms with Crippen molar-refractivity contribution in [3.05, 3.63) is 29.8 Å². The normalized spacial score (nSPS) is 10.8. The summed E-state index contributed by atoms with van der Waals surface area (Å²) < 4.78 is 25.8. The van der Waals surface area contributed by atoms with Crippen LogP contribution >= 0.6 is 0 Å². The van der Waals surface area contributed by atoms with E-state index >= 15 is 0 Å². The summed E-state index contributed by atoms with van der Waals surface area (Å²) in [5, 5.41) is 8.59. The van der Waals surface area contributed by atoms with Gasteiger partial charge in [0, 0.05) is 13.0 Å². The second-order valence-electron chi connectivity index (χ2n) is 3.57. The molecule has 6 heteroatoms. The lowest BCUT2D eigenvalue weighted by atomic mass is 10.2. The van der Waals surface area contributed by atoms with Crippen LogP contribution in [0.4, 0.5) is 0 Å². The molecule has 0 aromatic heterocycles. The zero-order valence-corrected chi connectivity index (χ0v) is 10.4. The van der Waals surface area contributed by atoms with Crippen LogP contribution in [0, 0.1) is 12.3 Å². The van der Waals surface area contributed by atoms with Crippen molar-refractivity contribution in [2.24, 2.45) is 0 Å². The summed E-state index contributed by atoms with van der Waals surface area (Å²) in [4.78, 5) is 10.6. The van der Waals surface area contributed by atoms with Crippen LogP contribution in [0.25, 0.3) is 0 Å². The van der Waals surface area contributed by atoms with Crippen molar-refractivity contribution in [1.82, 2.24) is 4.72 Å². The van der Waals surface area contributed by atoms with E-state index in [1.165, 1.54) is 24.3 Å². The van der Waals surface area contributed by atoms with Crippen LogP contribution in [-0.2, 0) is 21.2 Å². The van der Waals surface area contributed by atoms with Gasteiger partial charge in [-0.3, -0.25) is 4.79 Å². The van der Waals surface area contributed by atoms with Gasteiger partial charge in [-0.1, -0.05) is 12.1 Å². The van der Waals surface area contributed by atoms with Gasteiger partial charge in [-0.05, 0) is 17.7 Å². The van der Waals surface area contributed by atoms with E-state index in [1.807, 2.05) is 0 Å². The molecule has 0 spiro atoms. The molecule has 0 atom stereocenters. The lowest BCUT2D eigenvalue weighted by Crippen LogP contribution is -2.24. The Morgan fingerprint density at radius 1 is 1.33 bits per heavy atom. The molecule has 18 heavy (non-hydrogen) atoms. The molecule has 0 amide bonds. The maximum Gasteiger partial charge on any atom is 0.307 e. The van der Waals surface area contributed by atoms with Gasteiger partial charge in [0.1, 0.15) is 0 Å². The van der Waals surface area contributed by atoms with Crippen LogP contribution in [0.15, 0.2) is 29.2 Å². The van der Waals surface area contributed by atoms with Crippen molar-refractivity contribution in [3.8, 4) is 12.3 Å². The number of hydrogen-bond acceptors (Lipinski definition) is 3. The predicted molar refractivity (Wildman–Crippen MR) is 66.4 cm³/mol. The van der Waals surface area contributed by atoms with Crippen LogP contribution < -0.4 is 4.72 Å². The average Bonchev–Trinajstić information content (AvgIpc) is 2.29. The highest BCUT2D eigenvalue weighted by Crippen LogP contribution is 2.10. The van der Waals surface area contributed by atoms with Crippen molar-refractivity contribution in [1.29, 1.82) is 0 Å². The van der Waals surface area contributed by atoms with Gasteiger partial charge in [0.25, 0.3) is 0 Å². The largest absolute Gasteiger partial charge is 0.481 e. The maximum absolute atomic E-state index is 11.7. The van der Waals surface area contributed by atoms with Gasteiger partial charge >= 0.3 is 5.97 Å². The molecule has 0 bridgehead atoms. The Kier molecular flexibility index (Phi) is 4.89. The summed E-state index contributed by atoms with van der Waals surface area (Å²) in [6.07, 6.45) is 5.20. The summed E-state index contributed by atoms with van der Waals surface area (Å²) in [6, 6.07) is 5.70. The first-order chi connectivity index (χ1) is 8.45. The fourth-order valence-electron chi connectivity index (χ4n) is 1.30. The van der Waals surface area contributed by atoms with E-state index in [1.54, 1.807) is 0 Å². The van der Waals surface area contributed by atoms with Crippen LogP contribution in [0.1, 0.15) is 12.0 Å². The average molecular weight is 267 g/mol. The van der Waals surface area contributed by atoms with E-state index in [0.29, 0.717) is 12.0 Å². The van der Waals surface area contributed by atoms with Crippen molar-refractivity contribution in [3.63, 3.8) is 0 Å². The van der Waals surface area contributed by atoms with Gasteiger partial charge in [0.15, 0.2) is 0 Å². The van der Waals surface area contributed by atoms with Gasteiger partial charge in [0.05, 0.1) is 11.3 Å². The smallest absolute Gasteiger partial charge is 0.307 e. The predicted octanol–water partition coefficient (Wildman–Crippen LogP) is 0.615. The molecule has 0 aliphatic carbocycles. The van der Waals surface area contributed by atoms with Crippen molar-refractivity contribution in [2.75, 3.05) is 6.54 Å². The monoisotopic (exact) mass is 267 g/mol. The molecule has 1 aromatic rings. The Labute approximate surface area is 106 Å². The summed E-state index contributed by atoms with van der Waals surface area (Å²) in [7, 11) is -3.57. The minimum atomic E-state index is -3.57. The third kappa shape index (κ3) is 4.20. The lowest BCUT2D eigenvalue weighted by molar-refractivity contribution is -0.136. The number of carboxylic acids is 1. The Morgan fingerprint density at radius 2 is 1.94 bits per heavy atom. The third-order valence-electron chi connectivity index (χ3n) is 2.15. The first-order valence-corrected chi connectivity index (χ1v) is 6.68. The van der Waals surface area contributed by atoms with Crippen molar-refractivity contribution >= 4 is 16.0 Å². The van der Waals surface area contributed by atoms with E-state index < -0.39 is 16.0 Å². The van der Waals surface area contributed by atoms with Crippen molar-refractivity contribution < 1.29 is 18.3 Å². The highest BCUT2D eigenvalue weighted by atomic mass is 32.2. The quantitative estimate of drug-likeness (QED) is 0.584. The summed E-state index contributed by atoms with van der Waals surface area (Å²) in [5.74, 6) is 1.37. The number of benzene rings is 1. The standard InChI is InChI=1S/C12H13NO4S/c1-2-3-8-13-18(16,17)11-6-4-10(5-7-11)9-12(14)15/h1,4-7,13H,3,8-9H2,(H,14,15). The molecule has 1 rings (SSSR count). The molecular weight excluding hydrogens is 254 g/mol. The Bertz CT molecular complexity index is 555. The van der Waals surface area contributed by atoms with E-state index in [9.17, 15) is 13.2 Å². The van der Waals surface area contributed by atoms with Crippen LogP contribution in [0.5, 0.6) is 0 Å². The van der Waals surface area contributed by atoms with Gasteiger partial charge in [0.2, 0.25) is 10.0 Å². The zero-order chi connectivity index (χ0) is 13.6. The second-order valence-corrected chi connectivity index (χ2v) is 5.33. The minimum absolute atomic E-state index is 0.0914. The van der Waals surface area contributed by atoms with Crippen molar-refractivity contribution in [2.45, 2.75) is 17.7 Å². The first-order valence-electron chi connectivity index (χ1n) is 5.19. The minimum Gasteiger partial charge on any atom is -0.481 e. The van der Waals surface area contributed by atoms with E-state index in [4.69, 9.17) is 11.5 Å². The molecule has 0 saturated carbocycles. The number of rotatable bonds is 6. The molecule has 0 radical (unpaired) electrons. The number of aliphatic carboxylic acids is 1. The Balaban J connectivity index is 2.78.